The second-order valence-corrected chi connectivity index (χ2v) is 14.5. The largest absolute Gasteiger partial charge is 0.504 e. The molecular weight excluding hydrogens is 756 g/mol. The topological polar surface area (TPSA) is 166 Å². The molecule has 54 heavy (non-hydrogen) atoms. The highest BCUT2D eigenvalue weighted by molar-refractivity contribution is 6.33. The number of carboxylic acids is 1. The molecule has 3 heterocycles. The maximum atomic E-state index is 15.2. The van der Waals surface area contributed by atoms with E-state index in [9.17, 15) is 37.5 Å². The van der Waals surface area contributed by atoms with Crippen LogP contribution in [0.1, 0.15) is 48.3 Å². The summed E-state index contributed by atoms with van der Waals surface area (Å²) < 4.78 is 45.6. The summed E-state index contributed by atoms with van der Waals surface area (Å²) in [6, 6.07) is 11.4. The normalized spacial score (nSPS) is 26.3. The number of anilines is 1. The number of methoxy groups -OCH3 is 1. The molecule has 12 nitrogen and oxygen atoms in total. The Bertz CT molecular complexity index is 2130. The van der Waals surface area contributed by atoms with Gasteiger partial charge < -0.3 is 14.9 Å². The number of amides is 4. The number of hydrazine groups is 1. The Morgan fingerprint density at radius 3 is 2.39 bits per heavy atom. The third-order valence-electron chi connectivity index (χ3n) is 11.0. The summed E-state index contributed by atoms with van der Waals surface area (Å²) in [7, 11) is 1.36. The predicted molar refractivity (Wildman–Crippen MR) is 185 cm³/mol. The number of nitrogens with one attached hydrogen (secondary N) is 1. The van der Waals surface area contributed by atoms with Crippen molar-refractivity contribution >= 4 is 58.6 Å². The molecule has 6 atom stereocenters. The van der Waals surface area contributed by atoms with Crippen molar-refractivity contribution in [2.75, 3.05) is 19.1 Å². The molecule has 0 bridgehead atoms. The number of phenolic OH excluding ortho intramolecular Hbond substituents is 1. The van der Waals surface area contributed by atoms with E-state index in [1.807, 2.05) is 0 Å². The number of aromatic nitrogens is 1. The van der Waals surface area contributed by atoms with E-state index >= 15 is 4.79 Å². The Morgan fingerprint density at radius 1 is 1.04 bits per heavy atom. The van der Waals surface area contributed by atoms with Gasteiger partial charge in [0.05, 0.1) is 40.9 Å². The lowest BCUT2D eigenvalue weighted by Crippen LogP contribution is -2.53. The summed E-state index contributed by atoms with van der Waals surface area (Å²) in [6.07, 6.45) is -2.69. The lowest BCUT2D eigenvalue weighted by atomic mass is 9.49. The molecule has 4 aliphatic rings. The van der Waals surface area contributed by atoms with Gasteiger partial charge in [0.1, 0.15) is 0 Å². The second kappa shape index (κ2) is 13.6. The molecule has 2 aromatic carbocycles. The first kappa shape index (κ1) is 37.2. The number of imide groups is 2. The standard InChI is InChI=1S/C37H31Cl2F3N4O8/c1-54-27-11-4-17(13-26(27)47)30-21-9-10-22-29(34(52)45(32(22)50)12-2-3-28(48)49)23(21)15-24-33(51)46(35(53)36(24,30)18-5-7-20(38)8-6-18)44-31-25(39)14-19(16-43-31)37(40,41)42/h4-9,11,13-14,16,22-24,29-30,47H,2-3,10,12,15H2,1H3,(H,43,44)(H,48,49). The maximum Gasteiger partial charge on any atom is 0.417 e. The fourth-order valence-corrected chi connectivity index (χ4v) is 9.05. The van der Waals surface area contributed by atoms with Crippen molar-refractivity contribution < 1.29 is 52.1 Å². The number of ether oxygens (including phenoxy) is 1. The maximum absolute atomic E-state index is 15.2. The number of nitrogens with zero attached hydrogens (tertiary/aromatic N) is 3. The molecule has 282 valence electrons. The number of benzene rings is 2. The minimum Gasteiger partial charge on any atom is -0.504 e. The number of likely N-dealkylation sites (tertiary alicyclic amines) is 1. The van der Waals surface area contributed by atoms with Crippen LogP contribution in [0.5, 0.6) is 11.5 Å². The monoisotopic (exact) mass is 786 g/mol. The summed E-state index contributed by atoms with van der Waals surface area (Å²) in [4.78, 5) is 73.7. The minimum atomic E-state index is -4.77. The van der Waals surface area contributed by atoms with Crippen molar-refractivity contribution in [3.63, 3.8) is 0 Å². The van der Waals surface area contributed by atoms with Gasteiger partial charge in [-0.15, -0.1) is 0 Å². The first-order valence-electron chi connectivity index (χ1n) is 16.9. The number of pyridine rings is 1. The molecule has 0 radical (unpaired) electrons. The lowest BCUT2D eigenvalue weighted by Gasteiger charge is -2.50. The van der Waals surface area contributed by atoms with E-state index in [1.54, 1.807) is 36.4 Å². The molecule has 2 aliphatic carbocycles. The van der Waals surface area contributed by atoms with E-state index in [0.717, 1.165) is 4.90 Å². The third kappa shape index (κ3) is 5.84. The van der Waals surface area contributed by atoms with Crippen molar-refractivity contribution in [1.82, 2.24) is 14.9 Å². The van der Waals surface area contributed by atoms with Gasteiger partial charge in [0.25, 0.3) is 11.8 Å². The van der Waals surface area contributed by atoms with Crippen molar-refractivity contribution in [3.8, 4) is 11.5 Å². The zero-order valence-corrected chi connectivity index (χ0v) is 29.8. The van der Waals surface area contributed by atoms with E-state index in [4.69, 9.17) is 33.0 Å². The fraction of sp³-hybridized carbons (Fsp3) is 0.351. The fourth-order valence-electron chi connectivity index (χ4n) is 8.72. The summed E-state index contributed by atoms with van der Waals surface area (Å²) in [5, 5.41) is 20.7. The third-order valence-corrected chi connectivity index (χ3v) is 11.5. The number of allylic oxidation sites excluding steroid dienone is 2. The number of aliphatic carboxylic acids is 1. The van der Waals surface area contributed by atoms with Gasteiger partial charge in [-0.3, -0.25) is 34.3 Å². The molecule has 2 saturated heterocycles. The minimum absolute atomic E-state index is 0.0431. The van der Waals surface area contributed by atoms with Crippen LogP contribution in [0.25, 0.3) is 0 Å². The average Bonchev–Trinajstić information content (AvgIpc) is 3.49. The zero-order valence-electron chi connectivity index (χ0n) is 28.3. The Hall–Kier alpha value is -5.15. The van der Waals surface area contributed by atoms with Crippen LogP contribution in [0.15, 0.2) is 66.4 Å². The van der Waals surface area contributed by atoms with Gasteiger partial charge in [-0.05, 0) is 66.6 Å². The molecule has 2 aliphatic heterocycles. The first-order valence-corrected chi connectivity index (χ1v) is 17.6. The molecular formula is C37H31Cl2F3N4O8. The summed E-state index contributed by atoms with van der Waals surface area (Å²) in [5.41, 5.74) is 0.894. The Kier molecular flexibility index (Phi) is 9.37. The van der Waals surface area contributed by atoms with Gasteiger partial charge in [-0.1, -0.05) is 53.1 Å². The van der Waals surface area contributed by atoms with Crippen molar-refractivity contribution in [1.29, 1.82) is 0 Å². The summed E-state index contributed by atoms with van der Waals surface area (Å²) in [5.74, 6) is -9.06. The molecule has 1 aromatic heterocycles. The molecule has 0 spiro atoms. The number of alkyl halides is 3. The van der Waals surface area contributed by atoms with Crippen LogP contribution >= 0.6 is 23.2 Å². The van der Waals surface area contributed by atoms with E-state index < -0.39 is 87.2 Å². The number of hydrogen-bond donors (Lipinski definition) is 3. The highest BCUT2D eigenvalue weighted by atomic mass is 35.5. The van der Waals surface area contributed by atoms with Crippen molar-refractivity contribution in [3.05, 3.63) is 93.1 Å². The van der Waals surface area contributed by atoms with Gasteiger partial charge in [0, 0.05) is 30.1 Å². The number of carbonyl (C=O) groups is 5. The molecule has 3 fully saturated rings. The molecule has 7 rings (SSSR count). The van der Waals surface area contributed by atoms with Crippen LogP contribution in [0.2, 0.25) is 10.0 Å². The number of carbonyl (C=O) groups excluding carboxylic acids is 4. The van der Waals surface area contributed by atoms with Crippen molar-refractivity contribution in [2.45, 2.75) is 43.2 Å². The molecule has 3 N–H and O–H groups in total. The van der Waals surface area contributed by atoms with E-state index in [1.165, 1.54) is 19.2 Å². The molecule has 17 heteroatoms. The summed E-state index contributed by atoms with van der Waals surface area (Å²) in [6.45, 7) is -0.108. The SMILES string of the molecule is COc1ccc(C2C3=CCC4C(=O)N(CCCC(=O)O)C(=O)C4C3CC3C(=O)N(Nc4ncc(C(F)(F)F)cc4Cl)C(=O)C32c2ccc(Cl)cc2)cc1O. The number of aromatic hydroxyl groups is 1. The van der Waals surface area contributed by atoms with Gasteiger partial charge in [0.2, 0.25) is 11.8 Å². The number of phenols is 1. The van der Waals surface area contributed by atoms with Crippen LogP contribution in [0.3, 0.4) is 0 Å². The van der Waals surface area contributed by atoms with Crippen LogP contribution in [0.4, 0.5) is 19.0 Å². The van der Waals surface area contributed by atoms with Crippen LogP contribution in [-0.4, -0.2) is 68.4 Å². The molecule has 4 amide bonds. The number of hydrogen-bond acceptors (Lipinski definition) is 9. The predicted octanol–water partition coefficient (Wildman–Crippen LogP) is 5.97. The van der Waals surface area contributed by atoms with E-state index in [0.29, 0.717) is 39.0 Å². The van der Waals surface area contributed by atoms with Crippen LogP contribution < -0.4 is 10.2 Å². The number of carboxylic acid groups (broad SMARTS) is 1. The zero-order chi connectivity index (χ0) is 38.9. The molecule has 3 aromatic rings. The smallest absolute Gasteiger partial charge is 0.417 e. The molecule has 6 unspecified atom stereocenters. The Morgan fingerprint density at radius 2 is 1.76 bits per heavy atom. The quantitative estimate of drug-likeness (QED) is 0.174. The highest BCUT2D eigenvalue weighted by Gasteiger charge is 2.70. The number of fused-ring (bicyclic) bond motifs is 4. The Balaban J connectivity index is 1.40. The van der Waals surface area contributed by atoms with E-state index in [-0.39, 0.29) is 43.7 Å². The van der Waals surface area contributed by atoms with Gasteiger partial charge >= 0.3 is 12.1 Å². The lowest BCUT2D eigenvalue weighted by molar-refractivity contribution is -0.142. The Labute approximate surface area is 315 Å². The average molecular weight is 788 g/mol. The highest BCUT2D eigenvalue weighted by Crippen LogP contribution is 2.64. The first-order chi connectivity index (χ1) is 25.6. The van der Waals surface area contributed by atoms with Gasteiger partial charge in [-0.25, -0.2) is 4.98 Å². The van der Waals surface area contributed by atoms with Crippen LogP contribution in [-0.2, 0) is 35.6 Å². The number of rotatable bonds is 9. The summed E-state index contributed by atoms with van der Waals surface area (Å²) >= 11 is 12.5. The van der Waals surface area contributed by atoms with Gasteiger partial charge in [-0.2, -0.15) is 18.2 Å². The van der Waals surface area contributed by atoms with Crippen molar-refractivity contribution in [2.24, 2.45) is 23.7 Å². The second-order valence-electron chi connectivity index (χ2n) is 13.7. The molecule has 1 saturated carbocycles. The van der Waals surface area contributed by atoms with Crippen LogP contribution in [0, 0.1) is 23.7 Å². The number of halogens is 5. The van der Waals surface area contributed by atoms with Gasteiger partial charge in [0.15, 0.2) is 17.3 Å². The van der Waals surface area contributed by atoms with E-state index in [2.05, 4.69) is 10.4 Å².